The molecule has 0 atom stereocenters. The van der Waals surface area contributed by atoms with Gasteiger partial charge in [0.25, 0.3) is 0 Å². The van der Waals surface area contributed by atoms with Crippen LogP contribution in [0.3, 0.4) is 0 Å². The average molecular weight is 425 g/mol. The number of rotatable bonds is 2. The fourth-order valence-corrected chi connectivity index (χ4v) is 5.04. The molecule has 5 aromatic carbocycles. The monoisotopic (exact) mass is 424 g/mol. The Morgan fingerprint density at radius 3 is 2.15 bits per heavy atom. The van der Waals surface area contributed by atoms with Gasteiger partial charge in [0.2, 0.25) is 0 Å². The minimum atomic E-state index is 0.741. The summed E-state index contributed by atoms with van der Waals surface area (Å²) in [5, 5.41) is 4.52. The first-order valence-corrected chi connectivity index (χ1v) is 11.1. The number of anilines is 1. The lowest BCUT2D eigenvalue weighted by molar-refractivity contribution is 0.669. The second kappa shape index (κ2) is 6.75. The molecule has 33 heavy (non-hydrogen) atoms. The molecule has 2 N–H and O–H groups in total. The Labute approximate surface area is 190 Å². The van der Waals surface area contributed by atoms with Gasteiger partial charge in [-0.2, -0.15) is 0 Å². The zero-order valence-corrected chi connectivity index (χ0v) is 17.8. The van der Waals surface area contributed by atoms with Crippen LogP contribution in [0.25, 0.3) is 60.6 Å². The number of fused-ring (bicyclic) bond motifs is 6. The second-order valence-electron chi connectivity index (χ2n) is 8.45. The second-order valence-corrected chi connectivity index (χ2v) is 8.45. The first-order chi connectivity index (χ1) is 16.3. The number of nitrogens with zero attached hydrogens (tertiary/aromatic N) is 1. The van der Waals surface area contributed by atoms with Crippen molar-refractivity contribution in [2.75, 3.05) is 5.73 Å². The topological polar surface area (TPSA) is 44.1 Å². The molecule has 156 valence electrons. The van der Waals surface area contributed by atoms with E-state index in [4.69, 9.17) is 10.2 Å². The van der Waals surface area contributed by atoms with Crippen molar-refractivity contribution in [3.8, 4) is 16.8 Å². The molecular weight excluding hydrogens is 404 g/mol. The average Bonchev–Trinajstić information content (AvgIpc) is 3.40. The largest absolute Gasteiger partial charge is 0.456 e. The summed E-state index contributed by atoms with van der Waals surface area (Å²) in [6.07, 6.45) is 0. The van der Waals surface area contributed by atoms with Crippen LogP contribution in [0.1, 0.15) is 0 Å². The minimum absolute atomic E-state index is 0.741. The Balaban J connectivity index is 1.49. The predicted octanol–water partition coefficient (Wildman–Crippen LogP) is 7.93. The maximum absolute atomic E-state index is 6.29. The van der Waals surface area contributed by atoms with E-state index in [9.17, 15) is 0 Å². The zero-order valence-electron chi connectivity index (χ0n) is 17.8. The van der Waals surface area contributed by atoms with Gasteiger partial charge in [0, 0.05) is 27.5 Å². The summed E-state index contributed by atoms with van der Waals surface area (Å²) in [5.74, 6) is 0. The Hall–Kier alpha value is -4.50. The standard InChI is InChI=1S/C30H20N2O/c31-25-10-6-12-29-30(25)24-18-20(14-16-28(24)33-29)19-13-15-27-23(17-19)22-9-4-5-11-26(22)32(27)21-7-2-1-3-8-21/h1-18H,31H2. The molecule has 0 aliphatic rings. The van der Waals surface area contributed by atoms with Crippen molar-refractivity contribution in [1.29, 1.82) is 0 Å². The molecule has 7 rings (SSSR count). The predicted molar refractivity (Wildman–Crippen MR) is 138 cm³/mol. The summed E-state index contributed by atoms with van der Waals surface area (Å²) in [6, 6.07) is 38.0. The Morgan fingerprint density at radius 1 is 0.545 bits per heavy atom. The van der Waals surface area contributed by atoms with Crippen LogP contribution in [-0.2, 0) is 0 Å². The summed E-state index contributed by atoms with van der Waals surface area (Å²) in [6.45, 7) is 0. The molecule has 0 bridgehead atoms. The minimum Gasteiger partial charge on any atom is -0.456 e. The smallest absolute Gasteiger partial charge is 0.137 e. The van der Waals surface area contributed by atoms with E-state index < -0.39 is 0 Å². The van der Waals surface area contributed by atoms with Crippen LogP contribution >= 0.6 is 0 Å². The molecule has 0 aliphatic carbocycles. The van der Waals surface area contributed by atoms with E-state index in [1.54, 1.807) is 0 Å². The van der Waals surface area contributed by atoms with E-state index in [-0.39, 0.29) is 0 Å². The van der Waals surface area contributed by atoms with Crippen molar-refractivity contribution in [2.24, 2.45) is 0 Å². The summed E-state index contributed by atoms with van der Waals surface area (Å²) in [4.78, 5) is 0. The van der Waals surface area contributed by atoms with Crippen molar-refractivity contribution in [1.82, 2.24) is 4.57 Å². The molecule has 2 aromatic heterocycles. The van der Waals surface area contributed by atoms with Crippen molar-refractivity contribution in [3.05, 3.63) is 109 Å². The van der Waals surface area contributed by atoms with Gasteiger partial charge < -0.3 is 14.7 Å². The highest BCUT2D eigenvalue weighted by atomic mass is 16.3. The van der Waals surface area contributed by atoms with Crippen molar-refractivity contribution < 1.29 is 4.42 Å². The lowest BCUT2D eigenvalue weighted by Gasteiger charge is -2.08. The van der Waals surface area contributed by atoms with Crippen LogP contribution in [0.2, 0.25) is 0 Å². The van der Waals surface area contributed by atoms with Crippen molar-refractivity contribution in [2.45, 2.75) is 0 Å². The summed E-state index contributed by atoms with van der Waals surface area (Å²) < 4.78 is 8.36. The van der Waals surface area contributed by atoms with Crippen LogP contribution in [0.15, 0.2) is 114 Å². The highest BCUT2D eigenvalue weighted by molar-refractivity contribution is 6.13. The number of hydrogen-bond acceptors (Lipinski definition) is 2. The molecule has 3 nitrogen and oxygen atoms in total. The molecule has 0 saturated carbocycles. The number of aromatic nitrogens is 1. The molecule has 0 unspecified atom stereocenters. The van der Waals surface area contributed by atoms with Crippen LogP contribution in [0.5, 0.6) is 0 Å². The van der Waals surface area contributed by atoms with Gasteiger partial charge in [-0.25, -0.2) is 0 Å². The third-order valence-corrected chi connectivity index (χ3v) is 6.55. The molecule has 3 heteroatoms. The van der Waals surface area contributed by atoms with E-state index in [1.807, 2.05) is 24.3 Å². The first-order valence-electron chi connectivity index (χ1n) is 11.1. The Bertz CT molecular complexity index is 1820. The van der Waals surface area contributed by atoms with Crippen molar-refractivity contribution >= 4 is 49.4 Å². The van der Waals surface area contributed by atoms with Gasteiger partial charge in [0.1, 0.15) is 11.2 Å². The van der Waals surface area contributed by atoms with Gasteiger partial charge in [-0.05, 0) is 65.7 Å². The van der Waals surface area contributed by atoms with E-state index in [0.29, 0.717) is 0 Å². The molecule has 0 radical (unpaired) electrons. The van der Waals surface area contributed by atoms with Crippen LogP contribution in [0, 0.1) is 0 Å². The van der Waals surface area contributed by atoms with Gasteiger partial charge in [-0.3, -0.25) is 0 Å². The number of benzene rings is 5. The fourth-order valence-electron chi connectivity index (χ4n) is 5.04. The molecule has 0 aliphatic heterocycles. The van der Waals surface area contributed by atoms with Gasteiger partial charge in [0.05, 0.1) is 16.4 Å². The quantitative estimate of drug-likeness (QED) is 0.286. The third-order valence-electron chi connectivity index (χ3n) is 6.55. The third kappa shape index (κ3) is 2.63. The number of nitrogen functional groups attached to an aromatic ring is 1. The van der Waals surface area contributed by atoms with Gasteiger partial charge >= 0.3 is 0 Å². The number of para-hydroxylation sites is 2. The van der Waals surface area contributed by atoms with Crippen LogP contribution in [0.4, 0.5) is 5.69 Å². The van der Waals surface area contributed by atoms with Gasteiger partial charge in [-0.1, -0.05) is 54.6 Å². The van der Waals surface area contributed by atoms with E-state index >= 15 is 0 Å². The summed E-state index contributed by atoms with van der Waals surface area (Å²) in [5.41, 5.74) is 14.6. The molecule has 0 spiro atoms. The maximum Gasteiger partial charge on any atom is 0.137 e. The van der Waals surface area contributed by atoms with E-state index in [2.05, 4.69) is 89.5 Å². The summed E-state index contributed by atoms with van der Waals surface area (Å²) in [7, 11) is 0. The maximum atomic E-state index is 6.29. The first kappa shape index (κ1) is 18.1. The molecule has 0 amide bonds. The summed E-state index contributed by atoms with van der Waals surface area (Å²) >= 11 is 0. The molecular formula is C30H20N2O. The van der Waals surface area contributed by atoms with Gasteiger partial charge in [0.15, 0.2) is 0 Å². The lowest BCUT2D eigenvalue weighted by atomic mass is 10.0. The number of hydrogen-bond donors (Lipinski definition) is 1. The van der Waals surface area contributed by atoms with Gasteiger partial charge in [-0.15, -0.1) is 0 Å². The SMILES string of the molecule is Nc1cccc2oc3ccc(-c4ccc5c(c4)c4ccccc4n5-c4ccccc4)cc3c12. The number of furan rings is 1. The van der Waals surface area contributed by atoms with Crippen LogP contribution < -0.4 is 5.73 Å². The Morgan fingerprint density at radius 2 is 1.27 bits per heavy atom. The normalized spacial score (nSPS) is 11.8. The van der Waals surface area contributed by atoms with Crippen molar-refractivity contribution in [3.63, 3.8) is 0 Å². The zero-order chi connectivity index (χ0) is 21.9. The highest BCUT2D eigenvalue weighted by Crippen LogP contribution is 2.38. The fraction of sp³-hybridized carbons (Fsp3) is 0. The molecule has 0 saturated heterocycles. The molecule has 0 fully saturated rings. The Kier molecular flexibility index (Phi) is 3.70. The van der Waals surface area contributed by atoms with Crippen LogP contribution in [-0.4, -0.2) is 4.57 Å². The molecule has 7 aromatic rings. The van der Waals surface area contributed by atoms with E-state index in [1.165, 1.54) is 33.1 Å². The lowest BCUT2D eigenvalue weighted by Crippen LogP contribution is -1.92. The highest BCUT2D eigenvalue weighted by Gasteiger charge is 2.14. The number of nitrogens with two attached hydrogens (primary N) is 1. The van der Waals surface area contributed by atoms with E-state index in [0.717, 1.165) is 33.2 Å². The molecule has 2 heterocycles.